The van der Waals surface area contributed by atoms with E-state index in [4.69, 9.17) is 5.11 Å². The predicted octanol–water partition coefficient (Wildman–Crippen LogP) is 1.03. The minimum absolute atomic E-state index is 0.0453. The summed E-state index contributed by atoms with van der Waals surface area (Å²) in [6, 6.07) is 6.48. The molecule has 0 heterocycles. The third kappa shape index (κ3) is 7.75. The molecule has 1 amide bonds. The van der Waals surface area contributed by atoms with Gasteiger partial charge in [0.2, 0.25) is 15.9 Å². The molecule has 23 heavy (non-hydrogen) atoms. The molecule has 0 saturated heterocycles. The number of rotatable bonds is 10. The van der Waals surface area contributed by atoms with Gasteiger partial charge in [-0.15, -0.1) is 0 Å². The number of sulfonamides is 1. The highest BCUT2D eigenvalue weighted by Gasteiger charge is 2.12. The maximum Gasteiger partial charge on any atom is 0.303 e. The van der Waals surface area contributed by atoms with Gasteiger partial charge in [-0.1, -0.05) is 17.7 Å². The lowest BCUT2D eigenvalue weighted by Crippen LogP contribution is -2.34. The van der Waals surface area contributed by atoms with Gasteiger partial charge in [0.25, 0.3) is 0 Å². The average molecular weight is 342 g/mol. The lowest BCUT2D eigenvalue weighted by Gasteiger charge is -2.08. The van der Waals surface area contributed by atoms with E-state index in [2.05, 4.69) is 10.0 Å². The van der Waals surface area contributed by atoms with Crippen LogP contribution in [0.2, 0.25) is 0 Å². The number of carbonyl (C=O) groups excluding carboxylic acids is 1. The van der Waals surface area contributed by atoms with Crippen molar-refractivity contribution >= 4 is 21.9 Å². The first-order valence-corrected chi connectivity index (χ1v) is 8.84. The normalized spacial score (nSPS) is 11.2. The Morgan fingerprint density at radius 2 is 1.65 bits per heavy atom. The summed E-state index contributed by atoms with van der Waals surface area (Å²) < 4.78 is 26.4. The molecule has 3 N–H and O–H groups in total. The zero-order valence-corrected chi connectivity index (χ0v) is 13.9. The maximum absolute atomic E-state index is 12.0. The Kier molecular flexibility index (Phi) is 7.70. The molecule has 0 aliphatic carbocycles. The Balaban J connectivity index is 2.24. The van der Waals surface area contributed by atoms with Crippen LogP contribution in [0.4, 0.5) is 0 Å². The van der Waals surface area contributed by atoms with Crippen molar-refractivity contribution in [1.29, 1.82) is 0 Å². The molecule has 0 atom stereocenters. The van der Waals surface area contributed by atoms with Crippen molar-refractivity contribution in [1.82, 2.24) is 10.0 Å². The number of carboxylic acids is 1. The molecular weight excluding hydrogens is 320 g/mol. The van der Waals surface area contributed by atoms with Crippen LogP contribution in [-0.4, -0.2) is 38.5 Å². The number of carbonyl (C=O) groups is 2. The van der Waals surface area contributed by atoms with Crippen LogP contribution in [0.25, 0.3) is 0 Å². The molecular formula is C15H22N2O5S. The number of nitrogens with one attached hydrogen (secondary N) is 2. The molecule has 8 heteroatoms. The van der Waals surface area contributed by atoms with Crippen LogP contribution >= 0.6 is 0 Å². The predicted molar refractivity (Wildman–Crippen MR) is 85.5 cm³/mol. The van der Waals surface area contributed by atoms with E-state index < -0.39 is 16.0 Å². The Labute approximate surface area is 136 Å². The summed E-state index contributed by atoms with van der Waals surface area (Å²) in [6.45, 7) is 2.15. The minimum atomic E-state index is -3.57. The fourth-order valence-corrected chi connectivity index (χ4v) is 2.87. The summed E-state index contributed by atoms with van der Waals surface area (Å²) in [5.41, 5.74) is 0.971. The number of hydrogen-bond acceptors (Lipinski definition) is 4. The van der Waals surface area contributed by atoms with E-state index in [0.717, 1.165) is 5.56 Å². The first kappa shape index (κ1) is 19.1. The summed E-state index contributed by atoms with van der Waals surface area (Å²) in [5.74, 6) is -1.10. The van der Waals surface area contributed by atoms with Crippen LogP contribution in [0.15, 0.2) is 29.2 Å². The topological polar surface area (TPSA) is 113 Å². The van der Waals surface area contributed by atoms with E-state index in [1.165, 1.54) is 12.1 Å². The van der Waals surface area contributed by atoms with Crippen molar-refractivity contribution in [2.75, 3.05) is 13.1 Å². The Morgan fingerprint density at radius 3 is 2.26 bits per heavy atom. The number of hydrogen-bond donors (Lipinski definition) is 3. The second-order valence-corrected chi connectivity index (χ2v) is 6.93. The molecule has 0 aliphatic rings. The van der Waals surface area contributed by atoms with Gasteiger partial charge >= 0.3 is 5.97 Å². The van der Waals surface area contributed by atoms with Gasteiger partial charge in [-0.2, -0.15) is 0 Å². The molecule has 1 aromatic carbocycles. The van der Waals surface area contributed by atoms with Crippen molar-refractivity contribution in [2.24, 2.45) is 0 Å². The molecule has 0 spiro atoms. The van der Waals surface area contributed by atoms with E-state index in [0.29, 0.717) is 12.8 Å². The third-order valence-corrected chi connectivity index (χ3v) is 4.59. The maximum atomic E-state index is 12.0. The number of aliphatic carboxylic acids is 1. The van der Waals surface area contributed by atoms with Gasteiger partial charge in [0, 0.05) is 25.9 Å². The van der Waals surface area contributed by atoms with Gasteiger partial charge in [0.1, 0.15) is 0 Å². The highest BCUT2D eigenvalue weighted by Crippen LogP contribution is 2.09. The molecule has 0 aromatic heterocycles. The fourth-order valence-electron chi connectivity index (χ4n) is 1.84. The van der Waals surface area contributed by atoms with Gasteiger partial charge in [0.05, 0.1) is 4.90 Å². The number of carboxylic acid groups (broad SMARTS) is 1. The van der Waals surface area contributed by atoms with Crippen LogP contribution in [-0.2, 0) is 19.6 Å². The van der Waals surface area contributed by atoms with E-state index in [-0.39, 0.29) is 36.7 Å². The summed E-state index contributed by atoms with van der Waals surface area (Å²) in [4.78, 5) is 22.0. The van der Waals surface area contributed by atoms with Crippen molar-refractivity contribution in [3.05, 3.63) is 29.8 Å². The monoisotopic (exact) mass is 342 g/mol. The van der Waals surface area contributed by atoms with Gasteiger partial charge < -0.3 is 10.4 Å². The van der Waals surface area contributed by atoms with Crippen LogP contribution in [0.3, 0.4) is 0 Å². The Morgan fingerprint density at radius 1 is 1.04 bits per heavy atom. The largest absolute Gasteiger partial charge is 0.481 e. The number of unbranched alkanes of at least 4 members (excludes halogenated alkanes) is 1. The number of benzene rings is 1. The van der Waals surface area contributed by atoms with Crippen molar-refractivity contribution in [3.8, 4) is 0 Å². The molecule has 1 aromatic rings. The van der Waals surface area contributed by atoms with E-state index in [1.807, 2.05) is 6.92 Å². The third-order valence-electron chi connectivity index (χ3n) is 3.12. The number of aryl methyl sites for hydroxylation is 1. The fraction of sp³-hybridized carbons (Fsp3) is 0.467. The zero-order valence-electron chi connectivity index (χ0n) is 13.0. The summed E-state index contributed by atoms with van der Waals surface area (Å²) in [5, 5.41) is 11.1. The SMILES string of the molecule is Cc1ccc(S(=O)(=O)NCCNC(=O)CCCCC(=O)O)cc1. The quantitative estimate of drug-likeness (QED) is 0.550. The smallest absolute Gasteiger partial charge is 0.303 e. The second kappa shape index (κ2) is 9.26. The average Bonchev–Trinajstić information content (AvgIpc) is 2.48. The lowest BCUT2D eigenvalue weighted by atomic mass is 10.2. The van der Waals surface area contributed by atoms with Crippen LogP contribution in [0.1, 0.15) is 31.2 Å². The van der Waals surface area contributed by atoms with Crippen molar-refractivity contribution in [3.63, 3.8) is 0 Å². The van der Waals surface area contributed by atoms with Crippen LogP contribution < -0.4 is 10.0 Å². The zero-order chi connectivity index (χ0) is 17.3. The van der Waals surface area contributed by atoms with Gasteiger partial charge in [-0.25, -0.2) is 13.1 Å². The Bertz CT molecular complexity index is 626. The lowest BCUT2D eigenvalue weighted by molar-refractivity contribution is -0.137. The first-order chi connectivity index (χ1) is 10.8. The Hall–Kier alpha value is -1.93. The molecule has 0 unspecified atom stereocenters. The van der Waals surface area contributed by atoms with Gasteiger partial charge in [0.15, 0.2) is 0 Å². The van der Waals surface area contributed by atoms with Crippen molar-refractivity contribution < 1.29 is 23.1 Å². The molecule has 1 rings (SSSR count). The highest BCUT2D eigenvalue weighted by molar-refractivity contribution is 7.89. The number of amides is 1. The first-order valence-electron chi connectivity index (χ1n) is 7.36. The molecule has 0 aliphatic heterocycles. The van der Waals surface area contributed by atoms with E-state index in [1.54, 1.807) is 12.1 Å². The summed E-state index contributed by atoms with van der Waals surface area (Å²) >= 11 is 0. The summed E-state index contributed by atoms with van der Waals surface area (Å²) in [7, 11) is -3.57. The highest BCUT2D eigenvalue weighted by atomic mass is 32.2. The molecule has 0 bridgehead atoms. The standard InChI is InChI=1S/C15H22N2O5S/c1-12-6-8-13(9-7-12)23(21,22)17-11-10-16-14(18)4-2-3-5-15(19)20/h6-9,17H,2-5,10-11H2,1H3,(H,16,18)(H,19,20). The minimum Gasteiger partial charge on any atom is -0.481 e. The molecule has 0 fully saturated rings. The van der Waals surface area contributed by atoms with Crippen LogP contribution in [0, 0.1) is 6.92 Å². The summed E-state index contributed by atoms with van der Waals surface area (Å²) in [6.07, 6.45) is 1.22. The molecule has 0 saturated carbocycles. The molecule has 128 valence electrons. The van der Waals surface area contributed by atoms with Crippen molar-refractivity contribution in [2.45, 2.75) is 37.5 Å². The molecule has 7 nitrogen and oxygen atoms in total. The molecule has 0 radical (unpaired) electrons. The van der Waals surface area contributed by atoms with Crippen LogP contribution in [0.5, 0.6) is 0 Å². The van der Waals surface area contributed by atoms with Gasteiger partial charge in [-0.3, -0.25) is 9.59 Å². The van der Waals surface area contributed by atoms with E-state index >= 15 is 0 Å². The second-order valence-electron chi connectivity index (χ2n) is 5.16. The van der Waals surface area contributed by atoms with E-state index in [9.17, 15) is 18.0 Å². The van der Waals surface area contributed by atoms with Gasteiger partial charge in [-0.05, 0) is 31.9 Å².